The molecule has 7 nitrogen and oxygen atoms in total. The van der Waals surface area contributed by atoms with Crippen molar-refractivity contribution in [1.82, 2.24) is 20.1 Å². The molecule has 1 aliphatic rings. The van der Waals surface area contributed by atoms with E-state index in [2.05, 4.69) is 10.3 Å². The zero-order valence-corrected chi connectivity index (χ0v) is 13.7. The van der Waals surface area contributed by atoms with Crippen LogP contribution in [0.2, 0.25) is 0 Å². The number of pyridine rings is 1. The Hall–Kier alpha value is -2.15. The van der Waals surface area contributed by atoms with Crippen molar-refractivity contribution in [2.75, 3.05) is 40.4 Å². The van der Waals surface area contributed by atoms with Crippen LogP contribution in [0.15, 0.2) is 24.5 Å². The van der Waals surface area contributed by atoms with Crippen LogP contribution in [0.25, 0.3) is 0 Å². The molecule has 0 radical (unpaired) electrons. The van der Waals surface area contributed by atoms with Crippen LogP contribution >= 0.6 is 0 Å². The average molecular weight is 320 g/mol. The minimum Gasteiger partial charge on any atom is -0.381 e. The Labute approximate surface area is 136 Å². The maximum atomic E-state index is 12.4. The van der Waals surface area contributed by atoms with Crippen LogP contribution in [0.4, 0.5) is 4.79 Å². The van der Waals surface area contributed by atoms with Crippen LogP contribution in [-0.2, 0) is 4.74 Å². The third-order valence-corrected chi connectivity index (χ3v) is 3.82. The molecular formula is C16H24N4O3. The fraction of sp³-hybridized carbons (Fsp3) is 0.562. The maximum absolute atomic E-state index is 12.4. The molecule has 1 fully saturated rings. The first-order valence-electron chi connectivity index (χ1n) is 7.83. The summed E-state index contributed by atoms with van der Waals surface area (Å²) in [6.07, 6.45) is 4.81. The zero-order chi connectivity index (χ0) is 16.7. The lowest BCUT2D eigenvalue weighted by atomic mass is 10.1. The molecule has 2 rings (SSSR count). The number of rotatable bonds is 5. The van der Waals surface area contributed by atoms with Gasteiger partial charge in [-0.2, -0.15) is 0 Å². The van der Waals surface area contributed by atoms with Crippen LogP contribution in [0, 0.1) is 0 Å². The van der Waals surface area contributed by atoms with Gasteiger partial charge in [-0.3, -0.25) is 9.78 Å². The summed E-state index contributed by atoms with van der Waals surface area (Å²) in [5, 5.41) is 2.84. The van der Waals surface area contributed by atoms with E-state index in [0.29, 0.717) is 31.9 Å². The van der Waals surface area contributed by atoms with E-state index >= 15 is 0 Å². The number of amides is 3. The van der Waals surface area contributed by atoms with Crippen molar-refractivity contribution >= 4 is 11.9 Å². The van der Waals surface area contributed by atoms with Crippen LogP contribution in [0.3, 0.4) is 0 Å². The van der Waals surface area contributed by atoms with Gasteiger partial charge in [0.25, 0.3) is 5.91 Å². The summed E-state index contributed by atoms with van der Waals surface area (Å²) in [6, 6.07) is 3.56. The van der Waals surface area contributed by atoms with Gasteiger partial charge in [0.2, 0.25) is 0 Å². The Morgan fingerprint density at radius 1 is 1.35 bits per heavy atom. The van der Waals surface area contributed by atoms with Crippen molar-refractivity contribution in [2.45, 2.75) is 18.9 Å². The second-order valence-corrected chi connectivity index (χ2v) is 5.71. The van der Waals surface area contributed by atoms with Gasteiger partial charge < -0.3 is 19.9 Å². The highest BCUT2D eigenvalue weighted by Crippen LogP contribution is 2.15. The Morgan fingerprint density at radius 3 is 2.70 bits per heavy atom. The van der Waals surface area contributed by atoms with Crippen molar-refractivity contribution in [1.29, 1.82) is 0 Å². The SMILES string of the molecule is CN(C)C(=O)N(CCNC(=O)c1cccnc1)C1CCOCC1. The highest BCUT2D eigenvalue weighted by Gasteiger charge is 2.26. The number of hydrogen-bond donors (Lipinski definition) is 1. The normalized spacial score (nSPS) is 15.0. The molecule has 1 aliphatic heterocycles. The fourth-order valence-electron chi connectivity index (χ4n) is 2.58. The number of carbonyl (C=O) groups excluding carboxylic acids is 2. The van der Waals surface area contributed by atoms with Gasteiger partial charge in [-0.25, -0.2) is 4.79 Å². The van der Waals surface area contributed by atoms with E-state index in [-0.39, 0.29) is 18.0 Å². The van der Waals surface area contributed by atoms with Crippen molar-refractivity contribution in [3.05, 3.63) is 30.1 Å². The van der Waals surface area contributed by atoms with Gasteiger partial charge in [-0.05, 0) is 25.0 Å². The molecule has 7 heteroatoms. The topological polar surface area (TPSA) is 74.8 Å². The molecule has 0 bridgehead atoms. The van der Waals surface area contributed by atoms with Crippen molar-refractivity contribution < 1.29 is 14.3 Å². The molecule has 1 N–H and O–H groups in total. The molecule has 1 saturated heterocycles. The lowest BCUT2D eigenvalue weighted by Gasteiger charge is -2.36. The lowest BCUT2D eigenvalue weighted by molar-refractivity contribution is 0.0415. The first-order valence-corrected chi connectivity index (χ1v) is 7.83. The van der Waals surface area contributed by atoms with E-state index in [1.165, 1.54) is 6.20 Å². The number of aromatic nitrogens is 1. The molecule has 0 unspecified atom stereocenters. The summed E-state index contributed by atoms with van der Waals surface area (Å²) < 4.78 is 5.36. The van der Waals surface area contributed by atoms with E-state index in [0.717, 1.165) is 12.8 Å². The van der Waals surface area contributed by atoms with Crippen LogP contribution in [0.5, 0.6) is 0 Å². The third kappa shape index (κ3) is 4.92. The second kappa shape index (κ2) is 8.47. The van der Waals surface area contributed by atoms with E-state index in [9.17, 15) is 9.59 Å². The minimum absolute atomic E-state index is 0.0347. The summed E-state index contributed by atoms with van der Waals surface area (Å²) in [5.74, 6) is -0.178. The number of hydrogen-bond acceptors (Lipinski definition) is 4. The largest absolute Gasteiger partial charge is 0.381 e. The highest BCUT2D eigenvalue weighted by atomic mass is 16.5. The zero-order valence-electron chi connectivity index (χ0n) is 13.7. The summed E-state index contributed by atoms with van der Waals surface area (Å²) in [4.78, 5) is 31.7. The Balaban J connectivity index is 1.90. The lowest BCUT2D eigenvalue weighted by Crippen LogP contribution is -2.50. The highest BCUT2D eigenvalue weighted by molar-refractivity contribution is 5.93. The van der Waals surface area contributed by atoms with Gasteiger partial charge in [0.05, 0.1) is 5.56 Å². The minimum atomic E-state index is -0.178. The Kier molecular flexibility index (Phi) is 6.34. The second-order valence-electron chi connectivity index (χ2n) is 5.71. The molecule has 0 aromatic carbocycles. The molecule has 0 spiro atoms. The van der Waals surface area contributed by atoms with Crippen molar-refractivity contribution in [3.8, 4) is 0 Å². The van der Waals surface area contributed by atoms with E-state index < -0.39 is 0 Å². The number of carbonyl (C=O) groups is 2. The predicted octanol–water partition coefficient (Wildman–Crippen LogP) is 0.974. The first-order chi connectivity index (χ1) is 11.1. The van der Waals surface area contributed by atoms with E-state index in [1.807, 2.05) is 4.90 Å². The standard InChI is InChI=1S/C16H24N4O3/c1-19(2)16(22)20(14-5-10-23-11-6-14)9-8-18-15(21)13-4-3-7-17-12-13/h3-4,7,12,14H,5-6,8-11H2,1-2H3,(H,18,21). The molecule has 0 aliphatic carbocycles. The smallest absolute Gasteiger partial charge is 0.319 e. The van der Waals surface area contributed by atoms with Crippen LogP contribution in [0.1, 0.15) is 23.2 Å². The van der Waals surface area contributed by atoms with E-state index in [1.54, 1.807) is 37.3 Å². The predicted molar refractivity (Wildman–Crippen MR) is 86.2 cm³/mol. The maximum Gasteiger partial charge on any atom is 0.319 e. The summed E-state index contributed by atoms with van der Waals surface area (Å²) >= 11 is 0. The molecule has 23 heavy (non-hydrogen) atoms. The number of nitrogens with zero attached hydrogens (tertiary/aromatic N) is 3. The van der Waals surface area contributed by atoms with E-state index in [4.69, 9.17) is 4.74 Å². The molecule has 126 valence electrons. The first kappa shape index (κ1) is 17.2. The van der Waals surface area contributed by atoms with Gasteiger partial charge in [-0.1, -0.05) is 0 Å². The Bertz CT molecular complexity index is 515. The van der Waals surface area contributed by atoms with Gasteiger partial charge in [-0.15, -0.1) is 0 Å². The average Bonchev–Trinajstić information content (AvgIpc) is 2.59. The van der Waals surface area contributed by atoms with Crippen LogP contribution < -0.4 is 5.32 Å². The molecule has 0 saturated carbocycles. The molecule has 1 aromatic rings. The number of nitrogens with one attached hydrogen (secondary N) is 1. The van der Waals surface area contributed by atoms with Gasteiger partial charge in [0.1, 0.15) is 0 Å². The summed E-state index contributed by atoms with van der Waals surface area (Å²) in [6.45, 7) is 2.23. The summed E-state index contributed by atoms with van der Waals surface area (Å²) in [7, 11) is 3.48. The number of ether oxygens (including phenoxy) is 1. The van der Waals surface area contributed by atoms with Crippen LogP contribution in [-0.4, -0.2) is 73.2 Å². The molecule has 1 aromatic heterocycles. The van der Waals surface area contributed by atoms with Gasteiger partial charge in [0.15, 0.2) is 0 Å². The van der Waals surface area contributed by atoms with Gasteiger partial charge >= 0.3 is 6.03 Å². The van der Waals surface area contributed by atoms with Gasteiger partial charge in [0, 0.05) is 58.8 Å². The molecule has 0 atom stereocenters. The monoisotopic (exact) mass is 320 g/mol. The Morgan fingerprint density at radius 2 is 2.09 bits per heavy atom. The number of urea groups is 1. The molecule has 2 heterocycles. The molecular weight excluding hydrogens is 296 g/mol. The van der Waals surface area contributed by atoms with Crippen molar-refractivity contribution in [3.63, 3.8) is 0 Å². The third-order valence-electron chi connectivity index (χ3n) is 3.82. The quantitative estimate of drug-likeness (QED) is 0.877. The molecule has 3 amide bonds. The summed E-state index contributed by atoms with van der Waals surface area (Å²) in [5.41, 5.74) is 0.518. The van der Waals surface area contributed by atoms with Crippen molar-refractivity contribution in [2.24, 2.45) is 0 Å². The fourth-order valence-corrected chi connectivity index (χ4v) is 2.58.